The molecule has 0 aliphatic carbocycles. The van der Waals surface area contributed by atoms with E-state index in [1.54, 1.807) is 0 Å². The van der Waals surface area contributed by atoms with Crippen LogP contribution in [0.5, 0.6) is 0 Å². The van der Waals surface area contributed by atoms with E-state index >= 15 is 0 Å². The third kappa shape index (κ3) is 8.87. The van der Waals surface area contributed by atoms with Crippen LogP contribution in [-0.4, -0.2) is 17.5 Å². The molecule has 0 aliphatic heterocycles. The number of ketones is 1. The van der Waals surface area contributed by atoms with Crippen molar-refractivity contribution in [2.75, 3.05) is 6.61 Å². The molecule has 2 nitrogen and oxygen atoms in total. The molecule has 0 aromatic heterocycles. The molecule has 98 valence electrons. The van der Waals surface area contributed by atoms with Gasteiger partial charge in [-0.3, -0.25) is 4.79 Å². The lowest BCUT2D eigenvalue weighted by Crippen LogP contribution is -2.06. The summed E-state index contributed by atoms with van der Waals surface area (Å²) in [6.45, 7) is 8.13. The van der Waals surface area contributed by atoms with Gasteiger partial charge in [-0.2, -0.15) is 0 Å². The van der Waals surface area contributed by atoms with Gasteiger partial charge in [0.15, 0.2) is 0 Å². The second-order valence-corrected chi connectivity index (χ2v) is 4.94. The van der Waals surface area contributed by atoms with Crippen LogP contribution >= 0.6 is 0 Å². The third-order valence-electron chi connectivity index (χ3n) is 2.88. The molecule has 0 atom stereocenters. The summed E-state index contributed by atoms with van der Waals surface area (Å²) in [4.78, 5) is 11.5. The van der Waals surface area contributed by atoms with E-state index in [9.17, 15) is 4.79 Å². The summed E-state index contributed by atoms with van der Waals surface area (Å²) in [7, 11) is 0. The number of hydrogen-bond donors (Lipinski definition) is 1. The number of aliphatic hydroxyl groups is 1. The average Bonchev–Trinajstić information content (AvgIpc) is 2.26. The summed E-state index contributed by atoms with van der Waals surface area (Å²) in [5.41, 5.74) is 2.51. The molecular formula is C15H26O2. The molecule has 0 fully saturated rings. The zero-order valence-corrected chi connectivity index (χ0v) is 11.6. The standard InChI is InChI=1S/C15H26O2/c1-12(2)15(17)9-8-13(3)6-5-7-14(4)10-11-16/h6,10,12,16H,5,7-9,11H2,1-4H3/b13-6+,14-10+. The molecule has 0 amide bonds. The minimum Gasteiger partial charge on any atom is -0.392 e. The van der Waals surface area contributed by atoms with Gasteiger partial charge in [-0.05, 0) is 33.1 Å². The van der Waals surface area contributed by atoms with Crippen molar-refractivity contribution >= 4 is 5.78 Å². The van der Waals surface area contributed by atoms with E-state index in [1.807, 2.05) is 26.8 Å². The molecule has 17 heavy (non-hydrogen) atoms. The summed E-state index contributed by atoms with van der Waals surface area (Å²) in [6.07, 6.45) is 7.54. The van der Waals surface area contributed by atoms with E-state index in [2.05, 4.69) is 13.0 Å². The maximum Gasteiger partial charge on any atom is 0.135 e. The number of rotatable bonds is 8. The molecule has 0 spiro atoms. The SMILES string of the molecule is C/C(=C\CO)CC/C=C(\C)CCC(=O)C(C)C. The van der Waals surface area contributed by atoms with Crippen LogP contribution in [-0.2, 0) is 4.79 Å². The van der Waals surface area contributed by atoms with E-state index in [1.165, 1.54) is 11.1 Å². The molecule has 0 aromatic rings. The van der Waals surface area contributed by atoms with Crippen molar-refractivity contribution in [3.8, 4) is 0 Å². The van der Waals surface area contributed by atoms with Gasteiger partial charge in [0, 0.05) is 12.3 Å². The summed E-state index contributed by atoms with van der Waals surface area (Å²) in [5.74, 6) is 0.492. The zero-order valence-electron chi connectivity index (χ0n) is 11.6. The lowest BCUT2D eigenvalue weighted by Gasteiger charge is -2.04. The molecule has 0 aliphatic rings. The van der Waals surface area contributed by atoms with E-state index in [4.69, 9.17) is 5.11 Å². The van der Waals surface area contributed by atoms with Gasteiger partial charge in [0.2, 0.25) is 0 Å². The first kappa shape index (κ1) is 16.1. The number of allylic oxidation sites excluding steroid dienone is 3. The van der Waals surface area contributed by atoms with Crippen molar-refractivity contribution < 1.29 is 9.90 Å². The minimum atomic E-state index is 0.122. The van der Waals surface area contributed by atoms with Crippen molar-refractivity contribution in [2.24, 2.45) is 5.92 Å². The fourth-order valence-electron chi connectivity index (χ4n) is 1.52. The molecule has 0 rings (SSSR count). The second kappa shape index (κ2) is 9.17. The highest BCUT2D eigenvalue weighted by molar-refractivity contribution is 5.80. The van der Waals surface area contributed by atoms with Crippen LogP contribution in [0.15, 0.2) is 23.3 Å². The monoisotopic (exact) mass is 238 g/mol. The van der Waals surface area contributed by atoms with Gasteiger partial charge in [-0.25, -0.2) is 0 Å². The summed E-state index contributed by atoms with van der Waals surface area (Å²) in [6, 6.07) is 0. The van der Waals surface area contributed by atoms with Crippen LogP contribution in [0.4, 0.5) is 0 Å². The van der Waals surface area contributed by atoms with Crippen molar-refractivity contribution in [1.82, 2.24) is 0 Å². The minimum absolute atomic E-state index is 0.122. The number of aliphatic hydroxyl groups excluding tert-OH is 1. The summed E-state index contributed by atoms with van der Waals surface area (Å²) in [5, 5.41) is 8.71. The number of carbonyl (C=O) groups excluding carboxylic acids is 1. The lowest BCUT2D eigenvalue weighted by molar-refractivity contribution is -0.121. The Labute approximate surface area is 105 Å². The van der Waals surface area contributed by atoms with Crippen LogP contribution in [0.25, 0.3) is 0 Å². The van der Waals surface area contributed by atoms with Gasteiger partial charge in [0.05, 0.1) is 6.61 Å². The van der Waals surface area contributed by atoms with Crippen molar-refractivity contribution in [1.29, 1.82) is 0 Å². The van der Waals surface area contributed by atoms with E-state index < -0.39 is 0 Å². The normalized spacial score (nSPS) is 13.3. The van der Waals surface area contributed by atoms with Crippen LogP contribution in [0.2, 0.25) is 0 Å². The van der Waals surface area contributed by atoms with Gasteiger partial charge in [-0.15, -0.1) is 0 Å². The summed E-state index contributed by atoms with van der Waals surface area (Å²) < 4.78 is 0. The predicted molar refractivity (Wildman–Crippen MR) is 72.9 cm³/mol. The van der Waals surface area contributed by atoms with Gasteiger partial charge in [-0.1, -0.05) is 37.1 Å². The molecule has 0 heterocycles. The first-order valence-corrected chi connectivity index (χ1v) is 6.42. The Hall–Kier alpha value is -0.890. The highest BCUT2D eigenvalue weighted by Gasteiger charge is 2.06. The fraction of sp³-hybridized carbons (Fsp3) is 0.667. The third-order valence-corrected chi connectivity index (χ3v) is 2.88. The molecule has 0 saturated carbocycles. The number of hydrogen-bond acceptors (Lipinski definition) is 2. The van der Waals surface area contributed by atoms with Crippen molar-refractivity contribution in [3.05, 3.63) is 23.3 Å². The van der Waals surface area contributed by atoms with Crippen LogP contribution in [0.3, 0.4) is 0 Å². The van der Waals surface area contributed by atoms with Crippen molar-refractivity contribution in [3.63, 3.8) is 0 Å². The molecular weight excluding hydrogens is 212 g/mol. The van der Waals surface area contributed by atoms with E-state index in [0.29, 0.717) is 12.2 Å². The molecule has 0 saturated heterocycles. The molecule has 0 bridgehead atoms. The largest absolute Gasteiger partial charge is 0.392 e. The highest BCUT2D eigenvalue weighted by Crippen LogP contribution is 2.12. The fourth-order valence-corrected chi connectivity index (χ4v) is 1.52. The van der Waals surface area contributed by atoms with Gasteiger partial charge < -0.3 is 5.11 Å². The topological polar surface area (TPSA) is 37.3 Å². The zero-order chi connectivity index (χ0) is 13.3. The van der Waals surface area contributed by atoms with Crippen molar-refractivity contribution in [2.45, 2.75) is 53.4 Å². The maximum atomic E-state index is 11.5. The summed E-state index contributed by atoms with van der Waals surface area (Å²) >= 11 is 0. The Balaban J connectivity index is 3.87. The van der Waals surface area contributed by atoms with Crippen LogP contribution < -0.4 is 0 Å². The molecule has 1 N–H and O–H groups in total. The Morgan fingerprint density at radius 3 is 2.18 bits per heavy atom. The Morgan fingerprint density at radius 2 is 1.65 bits per heavy atom. The first-order valence-electron chi connectivity index (χ1n) is 6.42. The average molecular weight is 238 g/mol. The number of carbonyl (C=O) groups is 1. The molecule has 0 radical (unpaired) electrons. The van der Waals surface area contributed by atoms with E-state index in [0.717, 1.165) is 19.3 Å². The Morgan fingerprint density at radius 1 is 1.06 bits per heavy atom. The van der Waals surface area contributed by atoms with Gasteiger partial charge in [0.1, 0.15) is 5.78 Å². The first-order chi connectivity index (χ1) is 7.97. The van der Waals surface area contributed by atoms with Gasteiger partial charge in [0.25, 0.3) is 0 Å². The Kier molecular flexibility index (Phi) is 8.69. The quantitative estimate of drug-likeness (QED) is 0.655. The van der Waals surface area contributed by atoms with Gasteiger partial charge >= 0.3 is 0 Å². The van der Waals surface area contributed by atoms with Crippen LogP contribution in [0, 0.1) is 5.92 Å². The second-order valence-electron chi connectivity index (χ2n) is 4.94. The number of Topliss-reactive ketones (excluding diaryl/α,β-unsaturated/α-hetero) is 1. The molecule has 0 aromatic carbocycles. The van der Waals surface area contributed by atoms with E-state index in [-0.39, 0.29) is 12.5 Å². The lowest BCUT2D eigenvalue weighted by atomic mass is 10.0. The Bertz CT molecular complexity index is 285. The predicted octanol–water partition coefficient (Wildman–Crippen LogP) is 3.66. The molecule has 0 unspecified atom stereocenters. The smallest absolute Gasteiger partial charge is 0.135 e. The highest BCUT2D eigenvalue weighted by atomic mass is 16.2. The molecule has 2 heteroatoms. The van der Waals surface area contributed by atoms with Crippen LogP contribution in [0.1, 0.15) is 53.4 Å². The maximum absolute atomic E-state index is 11.5.